The van der Waals surface area contributed by atoms with Crippen LogP contribution in [0.15, 0.2) is 70.2 Å². The van der Waals surface area contributed by atoms with Gasteiger partial charge in [0.2, 0.25) is 5.89 Å². The van der Waals surface area contributed by atoms with Crippen molar-refractivity contribution in [3.63, 3.8) is 0 Å². The fraction of sp³-hybridized carbons (Fsp3) is 0.0476. The van der Waals surface area contributed by atoms with Gasteiger partial charge < -0.3 is 4.42 Å². The lowest BCUT2D eigenvalue weighted by molar-refractivity contribution is 0.483. The fourth-order valence-electron chi connectivity index (χ4n) is 2.78. The molecule has 0 amide bonds. The summed E-state index contributed by atoms with van der Waals surface area (Å²) in [5.41, 5.74) is 2.05. The standard InChI is InChI=1S/C21H12Cl2N2OS/c22-15-9-8-14(18(23)10-15)12-27-21-19(11-24)25-20(26-21)17-7-3-5-13-4-1-2-6-16(13)17/h1-10H,12H2. The highest BCUT2D eigenvalue weighted by molar-refractivity contribution is 7.98. The minimum Gasteiger partial charge on any atom is -0.428 e. The predicted octanol–water partition coefficient (Wildman–Crippen LogP) is 6.97. The highest BCUT2D eigenvalue weighted by Gasteiger charge is 2.17. The van der Waals surface area contributed by atoms with Crippen molar-refractivity contribution in [3.8, 4) is 17.5 Å². The average Bonchev–Trinajstić information content (AvgIpc) is 3.10. The van der Waals surface area contributed by atoms with E-state index in [0.29, 0.717) is 26.8 Å². The van der Waals surface area contributed by atoms with Crippen LogP contribution in [0.5, 0.6) is 0 Å². The molecule has 1 aromatic heterocycles. The number of thioether (sulfide) groups is 1. The van der Waals surface area contributed by atoms with Crippen molar-refractivity contribution in [2.45, 2.75) is 10.8 Å². The van der Waals surface area contributed by atoms with Gasteiger partial charge in [0.25, 0.3) is 0 Å². The Morgan fingerprint density at radius 2 is 1.85 bits per heavy atom. The molecule has 3 nitrogen and oxygen atoms in total. The van der Waals surface area contributed by atoms with Crippen molar-refractivity contribution in [2.24, 2.45) is 0 Å². The number of nitrogens with zero attached hydrogens (tertiary/aromatic N) is 2. The zero-order valence-electron chi connectivity index (χ0n) is 13.9. The van der Waals surface area contributed by atoms with Gasteiger partial charge in [-0.2, -0.15) is 10.2 Å². The van der Waals surface area contributed by atoms with Crippen LogP contribution >= 0.6 is 35.0 Å². The number of halogens is 2. The van der Waals surface area contributed by atoms with E-state index in [1.165, 1.54) is 11.8 Å². The summed E-state index contributed by atoms with van der Waals surface area (Å²) >= 11 is 13.6. The zero-order chi connectivity index (χ0) is 18.8. The normalized spacial score (nSPS) is 10.9. The SMILES string of the molecule is N#Cc1nc(-c2cccc3ccccc23)oc1SCc1ccc(Cl)cc1Cl. The largest absolute Gasteiger partial charge is 0.428 e. The topological polar surface area (TPSA) is 49.8 Å². The Balaban J connectivity index is 1.67. The predicted molar refractivity (Wildman–Crippen MR) is 110 cm³/mol. The smallest absolute Gasteiger partial charge is 0.229 e. The van der Waals surface area contributed by atoms with Gasteiger partial charge in [0.15, 0.2) is 10.8 Å². The Kier molecular flexibility index (Phi) is 5.09. The molecule has 27 heavy (non-hydrogen) atoms. The molecule has 0 fully saturated rings. The molecule has 6 heteroatoms. The van der Waals surface area contributed by atoms with Gasteiger partial charge in [0.05, 0.1) is 0 Å². The maximum atomic E-state index is 9.45. The summed E-state index contributed by atoms with van der Waals surface area (Å²) in [6.07, 6.45) is 0. The molecule has 132 valence electrons. The first-order valence-electron chi connectivity index (χ1n) is 8.11. The molecule has 0 saturated carbocycles. The van der Waals surface area contributed by atoms with Crippen LogP contribution in [0.25, 0.3) is 22.2 Å². The molecule has 0 bridgehead atoms. The minimum atomic E-state index is 0.271. The maximum Gasteiger partial charge on any atom is 0.229 e. The van der Waals surface area contributed by atoms with Crippen LogP contribution in [-0.2, 0) is 5.75 Å². The van der Waals surface area contributed by atoms with E-state index in [2.05, 4.69) is 11.1 Å². The molecule has 3 aromatic carbocycles. The van der Waals surface area contributed by atoms with E-state index < -0.39 is 0 Å². The van der Waals surface area contributed by atoms with Crippen molar-refractivity contribution >= 4 is 45.7 Å². The molecule has 0 N–H and O–H groups in total. The van der Waals surface area contributed by atoms with Crippen LogP contribution < -0.4 is 0 Å². The summed E-state index contributed by atoms with van der Waals surface area (Å²) in [6.45, 7) is 0. The van der Waals surface area contributed by atoms with Gasteiger partial charge in [0.1, 0.15) is 6.07 Å². The molecule has 0 aliphatic carbocycles. The lowest BCUT2D eigenvalue weighted by Gasteiger charge is -2.03. The lowest BCUT2D eigenvalue weighted by Crippen LogP contribution is -1.83. The highest BCUT2D eigenvalue weighted by atomic mass is 35.5. The molecule has 0 radical (unpaired) electrons. The number of oxazole rings is 1. The number of hydrogen-bond acceptors (Lipinski definition) is 4. The van der Waals surface area contributed by atoms with Crippen LogP contribution in [0.3, 0.4) is 0 Å². The zero-order valence-corrected chi connectivity index (χ0v) is 16.3. The summed E-state index contributed by atoms with van der Waals surface area (Å²) < 4.78 is 5.95. The molecule has 4 rings (SSSR count). The molecule has 1 heterocycles. The fourth-order valence-corrected chi connectivity index (χ4v) is 4.24. The molecule has 0 unspecified atom stereocenters. The van der Waals surface area contributed by atoms with Gasteiger partial charge >= 0.3 is 0 Å². The quantitative estimate of drug-likeness (QED) is 0.341. The second kappa shape index (κ2) is 7.66. The summed E-state index contributed by atoms with van der Waals surface area (Å²) in [6, 6.07) is 21.4. The molecule has 4 aromatic rings. The van der Waals surface area contributed by atoms with Crippen LogP contribution in [-0.4, -0.2) is 4.98 Å². The van der Waals surface area contributed by atoms with E-state index in [-0.39, 0.29) is 5.69 Å². The molecule has 0 aliphatic rings. The van der Waals surface area contributed by atoms with Gasteiger partial charge in [-0.3, -0.25) is 0 Å². The number of benzene rings is 3. The number of fused-ring (bicyclic) bond motifs is 1. The van der Waals surface area contributed by atoms with E-state index in [4.69, 9.17) is 27.6 Å². The van der Waals surface area contributed by atoms with Crippen molar-refractivity contribution in [1.29, 1.82) is 5.26 Å². The average molecular weight is 411 g/mol. The summed E-state index contributed by atoms with van der Waals surface area (Å²) in [7, 11) is 0. The second-order valence-corrected chi connectivity index (χ2v) is 7.61. The van der Waals surface area contributed by atoms with E-state index in [0.717, 1.165) is 21.9 Å². The Morgan fingerprint density at radius 1 is 1.04 bits per heavy atom. The van der Waals surface area contributed by atoms with E-state index >= 15 is 0 Å². The van der Waals surface area contributed by atoms with Crippen LogP contribution in [0.4, 0.5) is 0 Å². The van der Waals surface area contributed by atoms with E-state index in [1.807, 2.05) is 48.5 Å². The lowest BCUT2D eigenvalue weighted by atomic mass is 10.0. The molecule has 0 spiro atoms. The van der Waals surface area contributed by atoms with Crippen LogP contribution in [0.1, 0.15) is 11.3 Å². The Morgan fingerprint density at radius 3 is 2.67 bits per heavy atom. The Bertz CT molecular complexity index is 1180. The third-order valence-electron chi connectivity index (χ3n) is 4.10. The van der Waals surface area contributed by atoms with Crippen molar-refractivity contribution in [1.82, 2.24) is 4.98 Å². The molecular formula is C21H12Cl2N2OS. The summed E-state index contributed by atoms with van der Waals surface area (Å²) in [4.78, 5) is 4.40. The maximum absolute atomic E-state index is 9.45. The van der Waals surface area contributed by atoms with Crippen LogP contribution in [0, 0.1) is 11.3 Å². The third kappa shape index (κ3) is 3.68. The van der Waals surface area contributed by atoms with Gasteiger partial charge in [0, 0.05) is 21.4 Å². The first-order chi connectivity index (χ1) is 13.2. The number of aromatic nitrogens is 1. The number of rotatable bonds is 4. The van der Waals surface area contributed by atoms with Gasteiger partial charge in [-0.1, -0.05) is 77.4 Å². The molecule has 0 atom stereocenters. The van der Waals surface area contributed by atoms with Gasteiger partial charge in [-0.15, -0.1) is 0 Å². The van der Waals surface area contributed by atoms with E-state index in [9.17, 15) is 5.26 Å². The first-order valence-corrected chi connectivity index (χ1v) is 9.85. The van der Waals surface area contributed by atoms with Crippen molar-refractivity contribution < 1.29 is 4.42 Å². The first kappa shape index (κ1) is 17.9. The highest BCUT2D eigenvalue weighted by Crippen LogP contribution is 2.35. The molecule has 0 saturated heterocycles. The minimum absolute atomic E-state index is 0.271. The second-order valence-electron chi connectivity index (χ2n) is 5.82. The summed E-state index contributed by atoms with van der Waals surface area (Å²) in [5, 5.41) is 13.2. The van der Waals surface area contributed by atoms with Gasteiger partial charge in [-0.05, 0) is 34.5 Å². The molecular weight excluding hydrogens is 399 g/mol. The summed E-state index contributed by atoms with van der Waals surface area (Å²) in [5.74, 6) is 0.988. The van der Waals surface area contributed by atoms with Crippen molar-refractivity contribution in [3.05, 3.63) is 82.0 Å². The molecule has 0 aliphatic heterocycles. The van der Waals surface area contributed by atoms with Crippen LogP contribution in [0.2, 0.25) is 10.0 Å². The number of hydrogen-bond donors (Lipinski definition) is 0. The van der Waals surface area contributed by atoms with Gasteiger partial charge in [-0.25, -0.2) is 0 Å². The Labute approximate surface area is 170 Å². The monoisotopic (exact) mass is 410 g/mol. The van der Waals surface area contributed by atoms with Crippen molar-refractivity contribution in [2.75, 3.05) is 0 Å². The number of nitriles is 1. The van der Waals surface area contributed by atoms with E-state index in [1.54, 1.807) is 12.1 Å². The third-order valence-corrected chi connectivity index (χ3v) is 5.68. The Hall–Kier alpha value is -2.45.